The third-order valence-corrected chi connectivity index (χ3v) is 5.63. The van der Waals surface area contributed by atoms with Gasteiger partial charge in [0.05, 0.1) is 4.90 Å². The largest absolute Gasteiger partial charge is 0.326 e. The highest BCUT2D eigenvalue weighted by Gasteiger charge is 2.17. The molecule has 0 spiro atoms. The van der Waals surface area contributed by atoms with Crippen LogP contribution in [0.1, 0.15) is 31.4 Å². The van der Waals surface area contributed by atoms with Crippen molar-refractivity contribution < 1.29 is 8.42 Å². The lowest BCUT2D eigenvalue weighted by Crippen LogP contribution is -2.33. The fraction of sp³-hybridized carbons (Fsp3) is 0.571. The Morgan fingerprint density at radius 2 is 2.10 bits per heavy atom. The summed E-state index contributed by atoms with van der Waals surface area (Å²) in [5, 5.41) is 0. The zero-order valence-corrected chi connectivity index (χ0v) is 14.0. The molecule has 4 nitrogen and oxygen atoms in total. The Morgan fingerprint density at radius 1 is 1.40 bits per heavy atom. The molecule has 6 heteroatoms. The third kappa shape index (κ3) is 5.09. The minimum Gasteiger partial charge on any atom is -0.326 e. The number of nitrogens with two attached hydrogens (primary N) is 1. The van der Waals surface area contributed by atoms with Crippen LogP contribution < -0.4 is 10.5 Å². The number of aryl methyl sites for hydroxylation is 1. The molecule has 0 heterocycles. The molecule has 20 heavy (non-hydrogen) atoms. The topological polar surface area (TPSA) is 72.2 Å². The lowest BCUT2D eigenvalue weighted by molar-refractivity contribution is 0.557. The minimum atomic E-state index is -3.46. The van der Waals surface area contributed by atoms with E-state index < -0.39 is 10.0 Å². The van der Waals surface area contributed by atoms with E-state index in [1.54, 1.807) is 18.2 Å². The molecule has 1 aromatic carbocycles. The first-order valence-electron chi connectivity index (χ1n) is 6.80. The summed E-state index contributed by atoms with van der Waals surface area (Å²) in [6, 6.07) is 5.02. The first kappa shape index (κ1) is 17.5. The van der Waals surface area contributed by atoms with Crippen molar-refractivity contribution in [3.63, 3.8) is 0 Å². The van der Waals surface area contributed by atoms with Gasteiger partial charge in [-0.2, -0.15) is 11.8 Å². The smallest absolute Gasteiger partial charge is 0.240 e. The highest BCUT2D eigenvalue weighted by molar-refractivity contribution is 7.99. The molecule has 0 bridgehead atoms. The maximum Gasteiger partial charge on any atom is 0.240 e. The van der Waals surface area contributed by atoms with E-state index >= 15 is 0 Å². The van der Waals surface area contributed by atoms with Crippen LogP contribution in [0.3, 0.4) is 0 Å². The molecule has 1 aromatic rings. The van der Waals surface area contributed by atoms with Gasteiger partial charge in [0, 0.05) is 12.6 Å². The van der Waals surface area contributed by atoms with Crippen LogP contribution in [0.5, 0.6) is 0 Å². The van der Waals surface area contributed by atoms with E-state index in [-0.39, 0.29) is 6.04 Å². The normalized spacial score (nSPS) is 13.4. The summed E-state index contributed by atoms with van der Waals surface area (Å²) < 4.78 is 27.3. The summed E-state index contributed by atoms with van der Waals surface area (Å²) in [5.74, 6) is 2.01. The van der Waals surface area contributed by atoms with E-state index in [9.17, 15) is 8.42 Å². The molecule has 0 amide bonds. The van der Waals surface area contributed by atoms with Gasteiger partial charge in [-0.05, 0) is 55.0 Å². The summed E-state index contributed by atoms with van der Waals surface area (Å²) in [6.45, 7) is 6.26. The zero-order chi connectivity index (χ0) is 15.2. The molecular weight excluding hydrogens is 292 g/mol. The summed E-state index contributed by atoms with van der Waals surface area (Å²) in [7, 11) is -3.46. The average Bonchev–Trinajstić information content (AvgIpc) is 2.38. The Hall–Kier alpha value is -0.560. The number of hydrogen-bond donors (Lipinski definition) is 2. The lowest BCUT2D eigenvalue weighted by Gasteiger charge is -2.15. The molecule has 114 valence electrons. The maximum atomic E-state index is 12.3. The summed E-state index contributed by atoms with van der Waals surface area (Å²) in [5.41, 5.74) is 7.50. The quantitative estimate of drug-likeness (QED) is 0.722. The molecule has 0 aliphatic carbocycles. The molecule has 0 aliphatic heterocycles. The fourth-order valence-corrected chi connectivity index (χ4v) is 3.97. The molecule has 1 atom stereocenters. The molecule has 0 aliphatic rings. The monoisotopic (exact) mass is 316 g/mol. The molecule has 1 unspecified atom stereocenters. The van der Waals surface area contributed by atoms with Gasteiger partial charge in [0.15, 0.2) is 0 Å². The van der Waals surface area contributed by atoms with Crippen molar-refractivity contribution in [1.29, 1.82) is 0 Å². The van der Waals surface area contributed by atoms with Gasteiger partial charge in [-0.25, -0.2) is 13.1 Å². The predicted octanol–water partition coefficient (Wildman–Crippen LogP) is 2.26. The molecule has 3 N–H and O–H groups in total. The Kier molecular flexibility index (Phi) is 7.02. The number of thioether (sulfide) groups is 1. The molecule has 0 saturated carbocycles. The summed E-state index contributed by atoms with van der Waals surface area (Å²) in [4.78, 5) is 0.290. The third-order valence-electron chi connectivity index (χ3n) is 3.11. The first-order valence-corrected chi connectivity index (χ1v) is 9.44. The number of hydrogen-bond acceptors (Lipinski definition) is 4. The second-order valence-corrected chi connectivity index (χ2v) is 7.91. The van der Waals surface area contributed by atoms with Crippen molar-refractivity contribution in [2.24, 2.45) is 5.73 Å². The lowest BCUT2D eigenvalue weighted by atomic mass is 10.1. The van der Waals surface area contributed by atoms with Crippen molar-refractivity contribution >= 4 is 21.8 Å². The van der Waals surface area contributed by atoms with Crippen LogP contribution in [0.2, 0.25) is 0 Å². The van der Waals surface area contributed by atoms with Crippen LogP contribution >= 0.6 is 11.8 Å². The van der Waals surface area contributed by atoms with Gasteiger partial charge in [0.25, 0.3) is 0 Å². The predicted molar refractivity (Wildman–Crippen MR) is 86.5 cm³/mol. The van der Waals surface area contributed by atoms with E-state index in [1.807, 2.05) is 25.6 Å². The van der Waals surface area contributed by atoms with Crippen LogP contribution in [-0.2, 0) is 16.6 Å². The van der Waals surface area contributed by atoms with Crippen molar-refractivity contribution in [2.45, 2.75) is 44.7 Å². The summed E-state index contributed by atoms with van der Waals surface area (Å²) in [6.07, 6.45) is 0.827. The standard InChI is InChI=1S/C14H24N2O2S2/c1-4-19-8-7-12(3)16-20(17,18)14-6-5-11(2)13(9-14)10-15/h5-6,9,12,16H,4,7-8,10,15H2,1-3H3. The van der Waals surface area contributed by atoms with Gasteiger partial charge in [0.2, 0.25) is 10.0 Å². The molecular formula is C14H24N2O2S2. The first-order chi connectivity index (χ1) is 9.40. The summed E-state index contributed by atoms with van der Waals surface area (Å²) >= 11 is 1.81. The fourth-order valence-electron chi connectivity index (χ4n) is 1.83. The zero-order valence-electron chi connectivity index (χ0n) is 12.3. The van der Waals surface area contributed by atoms with E-state index in [1.165, 1.54) is 0 Å². The molecule has 0 radical (unpaired) electrons. The molecule has 0 fully saturated rings. The number of sulfonamides is 1. The average molecular weight is 316 g/mol. The van der Waals surface area contributed by atoms with Gasteiger partial charge in [0.1, 0.15) is 0 Å². The Morgan fingerprint density at radius 3 is 2.70 bits per heavy atom. The molecule has 1 rings (SSSR count). The van der Waals surface area contributed by atoms with Gasteiger partial charge in [-0.15, -0.1) is 0 Å². The van der Waals surface area contributed by atoms with Crippen molar-refractivity contribution in [3.05, 3.63) is 29.3 Å². The number of nitrogens with one attached hydrogen (secondary N) is 1. The van der Waals surface area contributed by atoms with Crippen molar-refractivity contribution in [3.8, 4) is 0 Å². The van der Waals surface area contributed by atoms with Crippen molar-refractivity contribution in [1.82, 2.24) is 4.72 Å². The van der Waals surface area contributed by atoms with Gasteiger partial charge >= 0.3 is 0 Å². The second-order valence-electron chi connectivity index (χ2n) is 4.80. The van der Waals surface area contributed by atoms with E-state index in [2.05, 4.69) is 11.6 Å². The van der Waals surface area contributed by atoms with Crippen LogP contribution in [0.15, 0.2) is 23.1 Å². The Bertz CT molecular complexity index is 530. The minimum absolute atomic E-state index is 0.0679. The second kappa shape index (κ2) is 8.02. The van der Waals surface area contributed by atoms with Gasteiger partial charge < -0.3 is 5.73 Å². The van der Waals surface area contributed by atoms with Crippen molar-refractivity contribution in [2.75, 3.05) is 11.5 Å². The SMILES string of the molecule is CCSCCC(C)NS(=O)(=O)c1ccc(C)c(CN)c1. The van der Waals surface area contributed by atoms with Gasteiger partial charge in [-0.3, -0.25) is 0 Å². The van der Waals surface area contributed by atoms with E-state index in [0.29, 0.717) is 11.4 Å². The maximum absolute atomic E-state index is 12.3. The Labute approximate surface area is 126 Å². The van der Waals surface area contributed by atoms with Gasteiger partial charge in [-0.1, -0.05) is 13.0 Å². The van der Waals surface area contributed by atoms with Crippen LogP contribution in [0, 0.1) is 6.92 Å². The Balaban J connectivity index is 2.78. The van der Waals surface area contributed by atoms with Crippen LogP contribution in [-0.4, -0.2) is 26.0 Å². The highest BCUT2D eigenvalue weighted by Crippen LogP contribution is 2.16. The molecule has 0 saturated heterocycles. The van der Waals surface area contributed by atoms with E-state index in [4.69, 9.17) is 5.73 Å². The van der Waals surface area contributed by atoms with Crippen LogP contribution in [0.4, 0.5) is 0 Å². The molecule has 0 aromatic heterocycles. The van der Waals surface area contributed by atoms with Crippen LogP contribution in [0.25, 0.3) is 0 Å². The van der Waals surface area contributed by atoms with E-state index in [0.717, 1.165) is 29.1 Å². The number of rotatable bonds is 8. The highest BCUT2D eigenvalue weighted by atomic mass is 32.2. The number of benzene rings is 1.